The molecule has 0 fully saturated rings. The fourth-order valence-electron chi connectivity index (χ4n) is 3.68. The molecule has 1 aliphatic rings. The summed E-state index contributed by atoms with van der Waals surface area (Å²) in [7, 11) is 1.53. The minimum absolute atomic E-state index is 0.0964. The highest BCUT2D eigenvalue weighted by atomic mass is 35.5. The Hall–Kier alpha value is -3.00. The normalized spacial score (nSPS) is 15.9. The van der Waals surface area contributed by atoms with Gasteiger partial charge in [0, 0.05) is 12.1 Å². The van der Waals surface area contributed by atoms with E-state index in [9.17, 15) is 9.59 Å². The van der Waals surface area contributed by atoms with Crippen molar-refractivity contribution in [2.24, 2.45) is 4.99 Å². The first kappa shape index (κ1) is 23.2. The molecule has 0 unspecified atom stereocenters. The van der Waals surface area contributed by atoms with E-state index in [0.29, 0.717) is 25.6 Å². The van der Waals surface area contributed by atoms with E-state index in [1.807, 2.05) is 49.4 Å². The Morgan fingerprint density at radius 2 is 1.88 bits per heavy atom. The summed E-state index contributed by atoms with van der Waals surface area (Å²) in [6.45, 7) is 4.12. The molecule has 0 saturated carbocycles. The highest BCUT2D eigenvalue weighted by molar-refractivity contribution is 7.07. The minimum Gasteiger partial charge on any atom is -0.460 e. The van der Waals surface area contributed by atoms with Gasteiger partial charge in [0.1, 0.15) is 12.6 Å². The highest BCUT2D eigenvalue weighted by Crippen LogP contribution is 2.34. The Balaban J connectivity index is 1.90. The van der Waals surface area contributed by atoms with Crippen LogP contribution in [-0.4, -0.2) is 30.9 Å². The number of methoxy groups -OCH3 is 1. The molecular formula is C25H23ClN2O4S. The molecule has 2 heterocycles. The van der Waals surface area contributed by atoms with E-state index < -0.39 is 12.0 Å². The van der Waals surface area contributed by atoms with Crippen LogP contribution in [0.2, 0.25) is 5.02 Å². The Morgan fingerprint density at radius 3 is 2.58 bits per heavy atom. The zero-order valence-electron chi connectivity index (χ0n) is 18.5. The van der Waals surface area contributed by atoms with Crippen LogP contribution < -0.4 is 14.9 Å². The second-order valence-corrected chi connectivity index (χ2v) is 9.06. The first-order chi connectivity index (χ1) is 15.9. The molecule has 0 saturated heterocycles. The van der Waals surface area contributed by atoms with Crippen molar-refractivity contribution >= 4 is 35.0 Å². The van der Waals surface area contributed by atoms with Crippen molar-refractivity contribution in [3.8, 4) is 0 Å². The number of aromatic nitrogens is 1. The number of nitrogens with zero attached hydrogens (tertiary/aromatic N) is 2. The number of allylic oxidation sites excluding steroid dienone is 1. The molecule has 0 spiro atoms. The monoisotopic (exact) mass is 482 g/mol. The first-order valence-electron chi connectivity index (χ1n) is 10.4. The minimum atomic E-state index is -0.745. The molecular weight excluding hydrogens is 460 g/mol. The fraction of sp³-hybridized carbons (Fsp3) is 0.240. The molecule has 2 aromatic carbocycles. The number of esters is 1. The SMILES string of the molecule is COCCOC(=O)C1=C(C)N=c2s/c(=C\c3ccc(C)cc3)c(=O)n2[C@H]1c1ccccc1Cl. The Morgan fingerprint density at radius 1 is 1.15 bits per heavy atom. The molecule has 0 amide bonds. The summed E-state index contributed by atoms with van der Waals surface area (Å²) in [5, 5.41) is 0.451. The van der Waals surface area contributed by atoms with Crippen LogP contribution in [0.5, 0.6) is 0 Å². The van der Waals surface area contributed by atoms with Gasteiger partial charge < -0.3 is 9.47 Å². The van der Waals surface area contributed by atoms with Crippen molar-refractivity contribution in [1.82, 2.24) is 4.57 Å². The lowest BCUT2D eigenvalue weighted by atomic mass is 9.96. The van der Waals surface area contributed by atoms with E-state index in [-0.39, 0.29) is 24.3 Å². The third-order valence-corrected chi connectivity index (χ3v) is 6.66. The predicted molar refractivity (Wildman–Crippen MR) is 129 cm³/mol. The number of carbonyl (C=O) groups is 1. The third kappa shape index (κ3) is 4.71. The van der Waals surface area contributed by atoms with Gasteiger partial charge in [-0.25, -0.2) is 9.79 Å². The van der Waals surface area contributed by atoms with Crippen LogP contribution in [0.15, 0.2) is 69.6 Å². The van der Waals surface area contributed by atoms with E-state index >= 15 is 0 Å². The topological polar surface area (TPSA) is 69.9 Å². The number of ether oxygens (including phenoxy) is 2. The number of hydrogen-bond donors (Lipinski definition) is 0. The lowest BCUT2D eigenvalue weighted by molar-refractivity contribution is -0.140. The molecule has 170 valence electrons. The van der Waals surface area contributed by atoms with Crippen molar-refractivity contribution in [3.63, 3.8) is 0 Å². The lowest BCUT2D eigenvalue weighted by Crippen LogP contribution is -2.40. The molecule has 1 aromatic heterocycles. The number of hydrogen-bond acceptors (Lipinski definition) is 6. The zero-order chi connectivity index (χ0) is 23.5. The molecule has 0 N–H and O–H groups in total. The van der Waals surface area contributed by atoms with E-state index in [1.54, 1.807) is 19.1 Å². The summed E-state index contributed by atoms with van der Waals surface area (Å²) in [5.74, 6) is -0.550. The standard InChI is InChI=1S/C25H23ClN2O4S/c1-15-8-10-17(11-9-15)14-20-23(29)28-22(18-6-4-5-7-19(18)26)21(16(2)27-25(28)33-20)24(30)32-13-12-31-3/h4-11,14,22H,12-13H2,1-3H3/b20-14-/t22-/m0/s1. The number of rotatable bonds is 6. The summed E-state index contributed by atoms with van der Waals surface area (Å²) in [4.78, 5) is 31.7. The van der Waals surface area contributed by atoms with Crippen molar-refractivity contribution in [1.29, 1.82) is 0 Å². The molecule has 8 heteroatoms. The quantitative estimate of drug-likeness (QED) is 0.399. The average molecular weight is 483 g/mol. The van der Waals surface area contributed by atoms with Gasteiger partial charge in [-0.15, -0.1) is 0 Å². The summed E-state index contributed by atoms with van der Waals surface area (Å²) in [6, 6.07) is 14.3. The van der Waals surface area contributed by atoms with Crippen molar-refractivity contribution in [2.75, 3.05) is 20.3 Å². The number of thiazole rings is 1. The molecule has 0 radical (unpaired) electrons. The second-order valence-electron chi connectivity index (χ2n) is 7.64. The van der Waals surface area contributed by atoms with Crippen molar-refractivity contribution in [2.45, 2.75) is 19.9 Å². The smallest absolute Gasteiger partial charge is 0.338 e. The van der Waals surface area contributed by atoms with Crippen LogP contribution in [-0.2, 0) is 14.3 Å². The maximum Gasteiger partial charge on any atom is 0.338 e. The van der Waals surface area contributed by atoms with Crippen LogP contribution in [0.4, 0.5) is 0 Å². The molecule has 1 aliphatic heterocycles. The largest absolute Gasteiger partial charge is 0.460 e. The van der Waals surface area contributed by atoms with Gasteiger partial charge in [-0.05, 0) is 37.1 Å². The van der Waals surface area contributed by atoms with Gasteiger partial charge in [-0.2, -0.15) is 0 Å². The van der Waals surface area contributed by atoms with E-state index in [1.165, 1.54) is 23.0 Å². The molecule has 0 bridgehead atoms. The molecule has 6 nitrogen and oxygen atoms in total. The first-order valence-corrected chi connectivity index (χ1v) is 11.6. The zero-order valence-corrected chi connectivity index (χ0v) is 20.1. The summed E-state index contributed by atoms with van der Waals surface area (Å²) in [6.07, 6.45) is 1.84. The molecule has 3 aromatic rings. The van der Waals surface area contributed by atoms with Crippen LogP contribution in [0.3, 0.4) is 0 Å². The molecule has 0 aliphatic carbocycles. The third-order valence-electron chi connectivity index (χ3n) is 5.34. The Labute approximate surface area is 200 Å². The lowest BCUT2D eigenvalue weighted by Gasteiger charge is -2.25. The number of carbonyl (C=O) groups excluding carboxylic acids is 1. The van der Waals surface area contributed by atoms with Gasteiger partial charge in [-0.3, -0.25) is 9.36 Å². The van der Waals surface area contributed by atoms with Gasteiger partial charge in [0.25, 0.3) is 5.56 Å². The molecule has 33 heavy (non-hydrogen) atoms. The number of halogens is 1. The van der Waals surface area contributed by atoms with Gasteiger partial charge >= 0.3 is 5.97 Å². The average Bonchev–Trinajstić information content (AvgIpc) is 3.09. The number of benzene rings is 2. The van der Waals surface area contributed by atoms with Crippen molar-refractivity contribution < 1.29 is 14.3 Å². The van der Waals surface area contributed by atoms with Gasteiger partial charge in [0.2, 0.25) is 0 Å². The summed E-state index contributed by atoms with van der Waals surface area (Å²) in [5.41, 5.74) is 3.22. The van der Waals surface area contributed by atoms with Crippen LogP contribution in [0.25, 0.3) is 6.08 Å². The second kappa shape index (κ2) is 9.87. The molecule has 4 rings (SSSR count). The Bertz CT molecular complexity index is 1400. The van der Waals surface area contributed by atoms with E-state index in [2.05, 4.69) is 4.99 Å². The predicted octanol–water partition coefficient (Wildman–Crippen LogP) is 3.39. The number of fused-ring (bicyclic) bond motifs is 1. The maximum atomic E-state index is 13.6. The van der Waals surface area contributed by atoms with Crippen LogP contribution in [0, 0.1) is 6.92 Å². The summed E-state index contributed by atoms with van der Waals surface area (Å²) < 4.78 is 12.4. The van der Waals surface area contributed by atoms with E-state index in [4.69, 9.17) is 21.1 Å². The van der Waals surface area contributed by atoms with Crippen LogP contribution >= 0.6 is 22.9 Å². The van der Waals surface area contributed by atoms with Gasteiger partial charge in [0.05, 0.1) is 22.4 Å². The highest BCUT2D eigenvalue weighted by Gasteiger charge is 2.34. The fourth-order valence-corrected chi connectivity index (χ4v) is 4.97. The Kier molecular flexibility index (Phi) is 6.93. The van der Waals surface area contributed by atoms with Crippen molar-refractivity contribution in [3.05, 3.63) is 101 Å². The summed E-state index contributed by atoms with van der Waals surface area (Å²) >= 11 is 7.81. The van der Waals surface area contributed by atoms with Gasteiger partial charge in [0.15, 0.2) is 4.80 Å². The molecule has 1 atom stereocenters. The number of aryl methyl sites for hydroxylation is 1. The van der Waals surface area contributed by atoms with E-state index in [0.717, 1.165) is 11.1 Å². The van der Waals surface area contributed by atoms with Gasteiger partial charge in [-0.1, -0.05) is 71.0 Å². The maximum absolute atomic E-state index is 13.6. The van der Waals surface area contributed by atoms with Crippen LogP contribution in [0.1, 0.15) is 29.7 Å².